The van der Waals surface area contributed by atoms with Crippen LogP contribution >= 0.6 is 11.3 Å². The lowest BCUT2D eigenvalue weighted by atomic mass is 9.72. The molecule has 1 aromatic carbocycles. The monoisotopic (exact) mass is 530 g/mol. The van der Waals surface area contributed by atoms with E-state index < -0.39 is 5.97 Å². The molecule has 38 heavy (non-hydrogen) atoms. The van der Waals surface area contributed by atoms with Crippen molar-refractivity contribution in [2.24, 2.45) is 16.3 Å². The van der Waals surface area contributed by atoms with E-state index in [2.05, 4.69) is 26.1 Å². The number of nitrogens with zero attached hydrogens (tertiary/aromatic N) is 1. The van der Waals surface area contributed by atoms with Crippen molar-refractivity contribution in [3.63, 3.8) is 0 Å². The van der Waals surface area contributed by atoms with Gasteiger partial charge in [-0.15, -0.1) is 11.3 Å². The highest BCUT2D eigenvalue weighted by Gasteiger charge is 2.33. The first kappa shape index (κ1) is 25.7. The van der Waals surface area contributed by atoms with Gasteiger partial charge in [0.15, 0.2) is 0 Å². The van der Waals surface area contributed by atoms with Crippen LogP contribution in [0.5, 0.6) is 0 Å². The van der Waals surface area contributed by atoms with Crippen molar-refractivity contribution in [2.45, 2.75) is 46.6 Å². The summed E-state index contributed by atoms with van der Waals surface area (Å²) in [6, 6.07) is 13.8. The van der Waals surface area contributed by atoms with Crippen molar-refractivity contribution in [1.82, 2.24) is 5.32 Å². The zero-order valence-electron chi connectivity index (χ0n) is 21.6. The number of fused-ring (bicyclic) bond motifs is 1. The van der Waals surface area contributed by atoms with Gasteiger partial charge >= 0.3 is 5.97 Å². The molecule has 1 amide bonds. The van der Waals surface area contributed by atoms with Gasteiger partial charge in [-0.25, -0.2) is 9.79 Å². The topological polar surface area (TPSA) is 105 Å². The van der Waals surface area contributed by atoms with Crippen molar-refractivity contribution < 1.29 is 23.5 Å². The van der Waals surface area contributed by atoms with Crippen LogP contribution in [0.15, 0.2) is 68.6 Å². The fraction of sp³-hybridized carbons (Fsp3) is 0.300. The van der Waals surface area contributed by atoms with Gasteiger partial charge in [0.25, 0.3) is 5.91 Å². The Kier molecular flexibility index (Phi) is 7.08. The van der Waals surface area contributed by atoms with Gasteiger partial charge in [0.05, 0.1) is 30.1 Å². The number of benzene rings is 1. The van der Waals surface area contributed by atoms with Gasteiger partial charge in [-0.3, -0.25) is 4.79 Å². The number of carboxylic acids is 1. The third kappa shape index (κ3) is 5.36. The normalized spacial score (nSPS) is 15.5. The standard InChI is InChI=1S/C30H30N2O5S/c1-30(2,3)18-10-12-23-25(15-18)38-28(26(23)27(33)31-16-19-7-6-14-36-19)32-17-20-11-13-24(37-20)21-8-4-5-9-22(21)29(34)35/h4-9,11,13-14,17-18H,10,12,15-16H2,1-3H3,(H,31,33)(H,34,35)/t18-/m1/s1. The van der Waals surface area contributed by atoms with Crippen molar-refractivity contribution in [3.05, 3.63) is 87.9 Å². The molecular formula is C30H30N2O5S. The number of aromatic carboxylic acids is 1. The Morgan fingerprint density at radius 3 is 2.71 bits per heavy atom. The molecule has 8 heteroatoms. The summed E-state index contributed by atoms with van der Waals surface area (Å²) in [4.78, 5) is 30.9. The van der Waals surface area contributed by atoms with Gasteiger partial charge in [0.2, 0.25) is 0 Å². The van der Waals surface area contributed by atoms with Gasteiger partial charge in [-0.2, -0.15) is 0 Å². The van der Waals surface area contributed by atoms with Crippen molar-refractivity contribution in [2.75, 3.05) is 0 Å². The third-order valence-electron chi connectivity index (χ3n) is 7.06. The maximum Gasteiger partial charge on any atom is 0.336 e. The minimum Gasteiger partial charge on any atom is -0.478 e. The Hall–Kier alpha value is -3.91. The van der Waals surface area contributed by atoms with Crippen LogP contribution in [0.2, 0.25) is 0 Å². The third-order valence-corrected chi connectivity index (χ3v) is 8.22. The molecular weight excluding hydrogens is 500 g/mol. The molecule has 4 aromatic rings. The van der Waals surface area contributed by atoms with E-state index in [0.29, 0.717) is 45.9 Å². The second kappa shape index (κ2) is 10.5. The van der Waals surface area contributed by atoms with Crippen LogP contribution in [-0.2, 0) is 19.4 Å². The first-order valence-electron chi connectivity index (χ1n) is 12.6. The van der Waals surface area contributed by atoms with Gasteiger partial charge in [-0.05, 0) is 66.5 Å². The fourth-order valence-corrected chi connectivity index (χ4v) is 6.15. The van der Waals surface area contributed by atoms with Crippen molar-refractivity contribution in [3.8, 4) is 11.3 Å². The fourth-order valence-electron chi connectivity index (χ4n) is 4.88. The van der Waals surface area contributed by atoms with Gasteiger partial charge in [-0.1, -0.05) is 39.0 Å². The maximum atomic E-state index is 13.4. The Morgan fingerprint density at radius 1 is 1.16 bits per heavy atom. The largest absolute Gasteiger partial charge is 0.478 e. The molecule has 0 spiro atoms. The van der Waals surface area contributed by atoms with E-state index in [1.165, 1.54) is 4.88 Å². The van der Waals surface area contributed by atoms with Crippen LogP contribution in [0.25, 0.3) is 11.3 Å². The van der Waals surface area contributed by atoms with Gasteiger partial charge in [0.1, 0.15) is 22.3 Å². The molecule has 0 bridgehead atoms. The predicted octanol–water partition coefficient (Wildman–Crippen LogP) is 7.13. The summed E-state index contributed by atoms with van der Waals surface area (Å²) in [5.74, 6) is 0.947. The average molecular weight is 531 g/mol. The number of carbonyl (C=O) groups is 2. The minimum atomic E-state index is -1.02. The van der Waals surface area contributed by atoms with Crippen LogP contribution < -0.4 is 5.32 Å². The summed E-state index contributed by atoms with van der Waals surface area (Å²) >= 11 is 1.56. The lowest BCUT2D eigenvalue weighted by Crippen LogP contribution is -2.28. The number of carboxylic acid groups (broad SMARTS) is 1. The Bertz CT molecular complexity index is 1490. The first-order chi connectivity index (χ1) is 18.2. The van der Waals surface area contributed by atoms with E-state index in [0.717, 1.165) is 24.8 Å². The molecule has 1 aliphatic rings. The van der Waals surface area contributed by atoms with E-state index in [4.69, 9.17) is 13.8 Å². The number of thiophene rings is 1. The lowest BCUT2D eigenvalue weighted by molar-refractivity contribution is 0.0697. The van der Waals surface area contributed by atoms with E-state index in [1.54, 1.807) is 66.3 Å². The molecule has 5 rings (SSSR count). The molecule has 3 aromatic heterocycles. The second-order valence-corrected chi connectivity index (χ2v) is 11.6. The molecule has 0 saturated carbocycles. The highest BCUT2D eigenvalue weighted by atomic mass is 32.1. The van der Waals surface area contributed by atoms with Crippen LogP contribution in [0, 0.1) is 11.3 Å². The van der Waals surface area contributed by atoms with E-state index in [-0.39, 0.29) is 16.9 Å². The quantitative estimate of drug-likeness (QED) is 0.247. The second-order valence-electron chi connectivity index (χ2n) is 10.6. The summed E-state index contributed by atoms with van der Waals surface area (Å²) < 4.78 is 11.3. The maximum absolute atomic E-state index is 13.4. The highest BCUT2D eigenvalue weighted by Crippen LogP contribution is 2.45. The highest BCUT2D eigenvalue weighted by molar-refractivity contribution is 7.16. The number of carbonyl (C=O) groups excluding carboxylic acids is 1. The smallest absolute Gasteiger partial charge is 0.336 e. The Labute approximate surface area is 225 Å². The molecule has 196 valence electrons. The first-order valence-corrected chi connectivity index (χ1v) is 13.4. The number of amides is 1. The average Bonchev–Trinajstić information content (AvgIpc) is 3.65. The predicted molar refractivity (Wildman–Crippen MR) is 148 cm³/mol. The molecule has 7 nitrogen and oxygen atoms in total. The van der Waals surface area contributed by atoms with E-state index in [9.17, 15) is 14.7 Å². The van der Waals surface area contributed by atoms with Crippen LogP contribution in [-0.4, -0.2) is 23.2 Å². The molecule has 1 aliphatic carbocycles. The number of nitrogens with one attached hydrogen (secondary N) is 1. The van der Waals surface area contributed by atoms with Gasteiger partial charge < -0.3 is 19.3 Å². The van der Waals surface area contributed by atoms with Crippen molar-refractivity contribution in [1.29, 1.82) is 0 Å². The van der Waals surface area contributed by atoms with Crippen LogP contribution in [0.3, 0.4) is 0 Å². The summed E-state index contributed by atoms with van der Waals surface area (Å²) in [5, 5.41) is 13.1. The Morgan fingerprint density at radius 2 is 1.97 bits per heavy atom. The number of hydrogen-bond acceptors (Lipinski definition) is 6. The number of furan rings is 2. The number of hydrogen-bond donors (Lipinski definition) is 2. The number of rotatable bonds is 7. The Balaban J connectivity index is 1.45. The molecule has 0 unspecified atom stereocenters. The molecule has 0 fully saturated rings. The summed E-state index contributed by atoms with van der Waals surface area (Å²) in [5.41, 5.74) is 2.54. The molecule has 3 heterocycles. The zero-order chi connectivity index (χ0) is 26.9. The molecule has 0 saturated heterocycles. The van der Waals surface area contributed by atoms with Crippen molar-refractivity contribution >= 4 is 34.4 Å². The molecule has 0 aliphatic heterocycles. The van der Waals surface area contributed by atoms with Crippen LogP contribution in [0.1, 0.15) is 69.9 Å². The summed E-state index contributed by atoms with van der Waals surface area (Å²) in [7, 11) is 0. The SMILES string of the molecule is CC(C)(C)[C@@H]1CCc2c(sc(N=Cc3ccc(-c4ccccc4C(=O)O)o3)c2C(=O)NCc2ccco2)C1. The van der Waals surface area contributed by atoms with E-state index >= 15 is 0 Å². The zero-order valence-corrected chi connectivity index (χ0v) is 22.4. The van der Waals surface area contributed by atoms with E-state index in [1.807, 2.05) is 6.07 Å². The summed E-state index contributed by atoms with van der Waals surface area (Å²) in [6.45, 7) is 7.10. The lowest BCUT2D eigenvalue weighted by Gasteiger charge is -2.33. The minimum absolute atomic E-state index is 0.167. The molecule has 0 radical (unpaired) electrons. The summed E-state index contributed by atoms with van der Waals surface area (Å²) in [6.07, 6.45) is 5.97. The van der Waals surface area contributed by atoms with Crippen LogP contribution in [0.4, 0.5) is 5.00 Å². The number of aliphatic imine (C=N–C) groups is 1. The van der Waals surface area contributed by atoms with Gasteiger partial charge in [0, 0.05) is 10.4 Å². The molecule has 2 N–H and O–H groups in total. The molecule has 1 atom stereocenters.